The molecule has 220 valence electrons. The molecule has 0 aromatic heterocycles. The molecular formula is C30H34Cl3N3O4S. The summed E-state index contributed by atoms with van der Waals surface area (Å²) in [5.41, 5.74) is 2.14. The molecule has 0 aliphatic heterocycles. The van der Waals surface area contributed by atoms with Gasteiger partial charge in [0.2, 0.25) is 11.8 Å². The lowest BCUT2D eigenvalue weighted by atomic mass is 10.1. The fourth-order valence-electron chi connectivity index (χ4n) is 4.03. The van der Waals surface area contributed by atoms with Gasteiger partial charge in [0.1, 0.15) is 12.6 Å². The predicted molar refractivity (Wildman–Crippen MR) is 166 cm³/mol. The van der Waals surface area contributed by atoms with Gasteiger partial charge in [0.15, 0.2) is 0 Å². The number of anilines is 1. The molecule has 3 aromatic carbocycles. The average molecular weight is 639 g/mol. The van der Waals surface area contributed by atoms with Gasteiger partial charge in [0, 0.05) is 27.2 Å². The van der Waals surface area contributed by atoms with Crippen LogP contribution in [0.4, 0.5) is 5.69 Å². The Morgan fingerprint density at radius 1 is 0.878 bits per heavy atom. The van der Waals surface area contributed by atoms with Crippen molar-refractivity contribution in [3.8, 4) is 0 Å². The number of hydrogen-bond acceptors (Lipinski definition) is 4. The second kappa shape index (κ2) is 13.0. The zero-order valence-electron chi connectivity index (χ0n) is 23.8. The summed E-state index contributed by atoms with van der Waals surface area (Å²) >= 11 is 18.5. The van der Waals surface area contributed by atoms with Crippen LogP contribution >= 0.6 is 34.8 Å². The van der Waals surface area contributed by atoms with Crippen LogP contribution < -0.4 is 9.62 Å². The summed E-state index contributed by atoms with van der Waals surface area (Å²) in [4.78, 5) is 28.6. The minimum atomic E-state index is -4.21. The van der Waals surface area contributed by atoms with Gasteiger partial charge in [-0.2, -0.15) is 0 Å². The fourth-order valence-corrected chi connectivity index (χ4v) is 6.03. The maximum atomic E-state index is 14.1. The molecule has 0 radical (unpaired) electrons. The molecule has 0 fully saturated rings. The monoisotopic (exact) mass is 637 g/mol. The molecule has 1 N–H and O–H groups in total. The first-order valence-corrected chi connectivity index (χ1v) is 15.5. The Kier molecular flexibility index (Phi) is 10.4. The van der Waals surface area contributed by atoms with E-state index in [1.165, 1.54) is 29.2 Å². The number of halogens is 3. The summed E-state index contributed by atoms with van der Waals surface area (Å²) in [6.45, 7) is 10.3. The number of nitrogens with zero attached hydrogens (tertiary/aromatic N) is 2. The van der Waals surface area contributed by atoms with Gasteiger partial charge in [-0.3, -0.25) is 13.9 Å². The summed E-state index contributed by atoms with van der Waals surface area (Å²) < 4.78 is 28.9. The standard InChI is InChI=1S/C30H34Cl3N3O4S/c1-19-7-12-25(15-20(19)2)36(41(39,40)26-13-10-23(31)11-14-26)18-28(37)35(21(3)29(38)34-30(4,5)6)17-22-8-9-24(32)16-27(22)33/h7-16,21H,17-18H2,1-6H3,(H,34,38)/t21-/m0/s1. The van der Waals surface area contributed by atoms with Crippen molar-refractivity contribution >= 4 is 62.3 Å². The Morgan fingerprint density at radius 3 is 2.05 bits per heavy atom. The second-order valence-electron chi connectivity index (χ2n) is 10.9. The molecular weight excluding hydrogens is 605 g/mol. The van der Waals surface area contributed by atoms with Gasteiger partial charge < -0.3 is 10.2 Å². The molecule has 1 atom stereocenters. The molecule has 0 unspecified atom stereocenters. The molecule has 41 heavy (non-hydrogen) atoms. The number of carbonyl (C=O) groups is 2. The van der Waals surface area contributed by atoms with Crippen molar-refractivity contribution in [3.05, 3.63) is 92.4 Å². The highest BCUT2D eigenvalue weighted by Crippen LogP contribution is 2.28. The Hall–Kier alpha value is -2.78. The number of hydrogen-bond donors (Lipinski definition) is 1. The van der Waals surface area contributed by atoms with Crippen molar-refractivity contribution in [1.29, 1.82) is 0 Å². The molecule has 3 aromatic rings. The van der Waals surface area contributed by atoms with Gasteiger partial charge in [-0.15, -0.1) is 0 Å². The molecule has 2 amide bonds. The molecule has 11 heteroatoms. The lowest BCUT2D eigenvalue weighted by Gasteiger charge is -2.33. The van der Waals surface area contributed by atoms with E-state index >= 15 is 0 Å². The van der Waals surface area contributed by atoms with Crippen LogP contribution in [0, 0.1) is 13.8 Å². The normalized spacial score (nSPS) is 12.5. The quantitative estimate of drug-likeness (QED) is 0.280. The summed E-state index contributed by atoms with van der Waals surface area (Å²) in [5, 5.41) is 4.01. The highest BCUT2D eigenvalue weighted by molar-refractivity contribution is 7.92. The number of carbonyl (C=O) groups excluding carboxylic acids is 2. The third-order valence-corrected chi connectivity index (χ3v) is 9.11. The van der Waals surface area contributed by atoms with E-state index in [1.807, 2.05) is 34.6 Å². The van der Waals surface area contributed by atoms with Gasteiger partial charge in [-0.05, 0) is 107 Å². The summed E-state index contributed by atoms with van der Waals surface area (Å²) in [5.74, 6) is -0.988. The van der Waals surface area contributed by atoms with Crippen LogP contribution in [0.5, 0.6) is 0 Å². The van der Waals surface area contributed by atoms with Crippen LogP contribution in [-0.4, -0.2) is 43.3 Å². The molecule has 0 bridgehead atoms. The number of sulfonamides is 1. The highest BCUT2D eigenvalue weighted by Gasteiger charge is 2.33. The average Bonchev–Trinajstić information content (AvgIpc) is 2.87. The van der Waals surface area contributed by atoms with Crippen LogP contribution in [0.1, 0.15) is 44.4 Å². The summed E-state index contributed by atoms with van der Waals surface area (Å²) in [7, 11) is -4.21. The van der Waals surface area contributed by atoms with E-state index in [4.69, 9.17) is 34.8 Å². The van der Waals surface area contributed by atoms with Crippen molar-refractivity contribution < 1.29 is 18.0 Å². The predicted octanol–water partition coefficient (Wildman–Crippen LogP) is 6.79. The van der Waals surface area contributed by atoms with Crippen molar-refractivity contribution in [2.24, 2.45) is 0 Å². The van der Waals surface area contributed by atoms with Crippen LogP contribution in [0.15, 0.2) is 65.6 Å². The van der Waals surface area contributed by atoms with Gasteiger partial charge in [0.05, 0.1) is 10.6 Å². The van der Waals surface area contributed by atoms with Crippen molar-refractivity contribution in [2.45, 2.75) is 64.6 Å². The van der Waals surface area contributed by atoms with Crippen LogP contribution in [-0.2, 0) is 26.2 Å². The minimum absolute atomic E-state index is 0.0289. The van der Waals surface area contributed by atoms with E-state index in [-0.39, 0.29) is 11.4 Å². The number of amides is 2. The van der Waals surface area contributed by atoms with Crippen molar-refractivity contribution in [1.82, 2.24) is 10.2 Å². The SMILES string of the molecule is Cc1ccc(N(CC(=O)N(Cc2ccc(Cl)cc2Cl)[C@@H](C)C(=O)NC(C)(C)C)S(=O)(=O)c2ccc(Cl)cc2)cc1C. The first kappa shape index (κ1) is 32.7. The third kappa shape index (κ3) is 8.38. The van der Waals surface area contributed by atoms with E-state index < -0.39 is 40.0 Å². The molecule has 0 saturated heterocycles. The van der Waals surface area contributed by atoms with Crippen molar-refractivity contribution in [2.75, 3.05) is 10.8 Å². The van der Waals surface area contributed by atoms with Crippen LogP contribution in [0.25, 0.3) is 0 Å². The topological polar surface area (TPSA) is 86.8 Å². The fraction of sp³-hybridized carbons (Fsp3) is 0.333. The van der Waals surface area contributed by atoms with Crippen LogP contribution in [0.2, 0.25) is 15.1 Å². The van der Waals surface area contributed by atoms with E-state index in [9.17, 15) is 18.0 Å². The summed E-state index contributed by atoms with van der Waals surface area (Å²) in [6.07, 6.45) is 0. The number of rotatable bonds is 9. The number of aryl methyl sites for hydroxylation is 2. The highest BCUT2D eigenvalue weighted by atomic mass is 35.5. The smallest absolute Gasteiger partial charge is 0.264 e. The van der Waals surface area contributed by atoms with Gasteiger partial charge in [0.25, 0.3) is 10.0 Å². The first-order chi connectivity index (χ1) is 19.0. The third-order valence-electron chi connectivity index (χ3n) is 6.48. The molecule has 7 nitrogen and oxygen atoms in total. The lowest BCUT2D eigenvalue weighted by molar-refractivity contribution is -0.140. The zero-order valence-corrected chi connectivity index (χ0v) is 26.9. The van der Waals surface area contributed by atoms with Gasteiger partial charge in [-0.1, -0.05) is 46.9 Å². The Morgan fingerprint density at radius 2 is 1.49 bits per heavy atom. The largest absolute Gasteiger partial charge is 0.350 e. The van der Waals surface area contributed by atoms with E-state index in [1.54, 1.807) is 43.3 Å². The van der Waals surface area contributed by atoms with Crippen LogP contribution in [0.3, 0.4) is 0 Å². The molecule has 3 rings (SSSR count). The Bertz CT molecular complexity index is 1540. The molecule has 0 aliphatic rings. The van der Waals surface area contributed by atoms with E-state index in [2.05, 4.69) is 5.32 Å². The Labute approximate surface area is 257 Å². The van der Waals surface area contributed by atoms with E-state index in [0.29, 0.717) is 26.3 Å². The second-order valence-corrected chi connectivity index (χ2v) is 14.0. The minimum Gasteiger partial charge on any atom is -0.350 e. The lowest BCUT2D eigenvalue weighted by Crippen LogP contribution is -2.54. The van der Waals surface area contributed by atoms with Gasteiger partial charge in [-0.25, -0.2) is 8.42 Å². The molecule has 0 saturated carbocycles. The number of benzene rings is 3. The molecule has 0 spiro atoms. The maximum Gasteiger partial charge on any atom is 0.264 e. The first-order valence-electron chi connectivity index (χ1n) is 12.9. The van der Waals surface area contributed by atoms with Crippen molar-refractivity contribution in [3.63, 3.8) is 0 Å². The Balaban J connectivity index is 2.09. The zero-order chi connectivity index (χ0) is 30.7. The van der Waals surface area contributed by atoms with E-state index in [0.717, 1.165) is 15.4 Å². The molecule has 0 heterocycles. The number of nitrogens with one attached hydrogen (secondary N) is 1. The summed E-state index contributed by atoms with van der Waals surface area (Å²) in [6, 6.07) is 14.8. The van der Waals surface area contributed by atoms with Gasteiger partial charge >= 0.3 is 0 Å². The maximum absolute atomic E-state index is 14.1. The molecule has 0 aliphatic carbocycles.